The van der Waals surface area contributed by atoms with Gasteiger partial charge in [0.15, 0.2) is 0 Å². The van der Waals surface area contributed by atoms with E-state index < -0.39 is 5.97 Å². The van der Waals surface area contributed by atoms with Crippen LogP contribution < -0.4 is 4.74 Å². The zero-order valence-electron chi connectivity index (χ0n) is 12.0. The molecule has 0 aliphatic heterocycles. The van der Waals surface area contributed by atoms with Gasteiger partial charge in [0.25, 0.3) is 0 Å². The molecular weight excluding hydrogens is 258 g/mol. The van der Waals surface area contributed by atoms with E-state index in [1.807, 2.05) is 37.3 Å². The van der Waals surface area contributed by atoms with Crippen LogP contribution in [0.15, 0.2) is 30.3 Å². The number of hydrogen-bond donors (Lipinski definition) is 0. The smallest absolute Gasteiger partial charge is 0.325 e. The summed E-state index contributed by atoms with van der Waals surface area (Å²) in [5.41, 5.74) is 0. The third-order valence-electron chi connectivity index (χ3n) is 2.83. The lowest BCUT2D eigenvalue weighted by Crippen LogP contribution is -2.36. The van der Waals surface area contributed by atoms with E-state index in [-0.39, 0.29) is 12.5 Å². The summed E-state index contributed by atoms with van der Waals surface area (Å²) in [6.07, 6.45) is 0.975. The number of esters is 1. The van der Waals surface area contributed by atoms with Crippen LogP contribution in [0.1, 0.15) is 19.8 Å². The van der Waals surface area contributed by atoms with Crippen LogP contribution in [-0.4, -0.2) is 43.6 Å². The molecule has 1 rings (SSSR count). The predicted molar refractivity (Wildman–Crippen MR) is 75.4 cm³/mol. The van der Waals surface area contributed by atoms with Crippen LogP contribution in [0.5, 0.6) is 5.75 Å². The Kier molecular flexibility index (Phi) is 7.17. The molecule has 0 fully saturated rings. The molecule has 0 spiro atoms. The van der Waals surface area contributed by atoms with E-state index in [0.29, 0.717) is 26.0 Å². The lowest BCUT2D eigenvalue weighted by atomic mass is 10.3. The highest BCUT2D eigenvalue weighted by Crippen LogP contribution is 2.09. The lowest BCUT2D eigenvalue weighted by molar-refractivity contribution is -0.146. The van der Waals surface area contributed by atoms with Gasteiger partial charge in [0.05, 0.1) is 13.7 Å². The van der Waals surface area contributed by atoms with Crippen molar-refractivity contribution in [3.05, 3.63) is 30.3 Å². The minimum Gasteiger partial charge on any atom is -0.494 e. The number of carbonyl (C=O) groups excluding carboxylic acids is 2. The first-order valence-corrected chi connectivity index (χ1v) is 6.69. The van der Waals surface area contributed by atoms with Gasteiger partial charge in [-0.3, -0.25) is 9.59 Å². The molecule has 0 aliphatic rings. The third-order valence-corrected chi connectivity index (χ3v) is 2.83. The number of nitrogens with zero attached hydrogens (tertiary/aromatic N) is 1. The highest BCUT2D eigenvalue weighted by atomic mass is 16.5. The van der Waals surface area contributed by atoms with Crippen LogP contribution in [0.4, 0.5) is 0 Å². The molecule has 1 amide bonds. The molecule has 0 saturated heterocycles. The summed E-state index contributed by atoms with van der Waals surface area (Å²) in [5.74, 6) is 0.331. The second kappa shape index (κ2) is 8.96. The molecule has 5 heteroatoms. The van der Waals surface area contributed by atoms with Crippen LogP contribution in [0.2, 0.25) is 0 Å². The number of para-hydroxylation sites is 1. The van der Waals surface area contributed by atoms with E-state index in [1.165, 1.54) is 12.0 Å². The van der Waals surface area contributed by atoms with E-state index in [0.717, 1.165) is 5.75 Å². The molecule has 0 bridgehead atoms. The SMILES string of the molecule is CCN(CC(=O)OC)C(=O)CCCOc1ccccc1. The predicted octanol–water partition coefficient (Wildman–Crippen LogP) is 1.87. The minimum atomic E-state index is -0.402. The minimum absolute atomic E-state index is 0.00533. The summed E-state index contributed by atoms with van der Waals surface area (Å²) in [4.78, 5) is 24.5. The lowest BCUT2D eigenvalue weighted by Gasteiger charge is -2.19. The number of likely N-dealkylation sites (N-methyl/N-ethyl adjacent to an activating group) is 1. The van der Waals surface area contributed by atoms with Crippen molar-refractivity contribution >= 4 is 11.9 Å². The molecule has 0 aliphatic carbocycles. The third kappa shape index (κ3) is 5.73. The molecule has 20 heavy (non-hydrogen) atoms. The van der Waals surface area contributed by atoms with Gasteiger partial charge in [-0.2, -0.15) is 0 Å². The molecule has 0 radical (unpaired) electrons. The average molecular weight is 279 g/mol. The molecule has 1 aromatic carbocycles. The molecule has 0 N–H and O–H groups in total. The van der Waals surface area contributed by atoms with Crippen LogP contribution in [0, 0.1) is 0 Å². The molecule has 0 heterocycles. The molecule has 110 valence electrons. The van der Waals surface area contributed by atoms with Crippen molar-refractivity contribution < 1.29 is 19.1 Å². The quantitative estimate of drug-likeness (QED) is 0.538. The maximum atomic E-state index is 11.9. The van der Waals surface area contributed by atoms with E-state index in [2.05, 4.69) is 4.74 Å². The van der Waals surface area contributed by atoms with Gasteiger partial charge in [0.1, 0.15) is 12.3 Å². The Labute approximate surface area is 119 Å². The molecule has 0 unspecified atom stereocenters. The topological polar surface area (TPSA) is 55.8 Å². The van der Waals surface area contributed by atoms with Crippen LogP contribution in [0.3, 0.4) is 0 Å². The monoisotopic (exact) mass is 279 g/mol. The van der Waals surface area contributed by atoms with Crippen LogP contribution in [0.25, 0.3) is 0 Å². The van der Waals surface area contributed by atoms with Crippen molar-refractivity contribution in [1.82, 2.24) is 4.90 Å². The molecule has 0 atom stereocenters. The summed E-state index contributed by atoms with van der Waals surface area (Å²) >= 11 is 0. The van der Waals surface area contributed by atoms with Crippen LogP contribution in [-0.2, 0) is 14.3 Å². The second-order valence-corrected chi connectivity index (χ2v) is 4.25. The van der Waals surface area contributed by atoms with Crippen LogP contribution >= 0.6 is 0 Å². The standard InChI is InChI=1S/C15H21NO4/c1-3-16(12-15(18)19-2)14(17)10-7-11-20-13-8-5-4-6-9-13/h4-6,8-9H,3,7,10-12H2,1-2H3. The highest BCUT2D eigenvalue weighted by Gasteiger charge is 2.15. The van der Waals surface area contributed by atoms with Gasteiger partial charge in [0, 0.05) is 13.0 Å². The largest absolute Gasteiger partial charge is 0.494 e. The molecule has 1 aromatic rings. The Morgan fingerprint density at radius 1 is 1.20 bits per heavy atom. The second-order valence-electron chi connectivity index (χ2n) is 4.25. The number of carbonyl (C=O) groups is 2. The van der Waals surface area contributed by atoms with Crippen molar-refractivity contribution in [2.24, 2.45) is 0 Å². The first-order valence-electron chi connectivity index (χ1n) is 6.69. The number of benzene rings is 1. The Balaban J connectivity index is 2.26. The molecule has 5 nitrogen and oxygen atoms in total. The molecule has 0 aromatic heterocycles. The van der Waals surface area contributed by atoms with E-state index in [9.17, 15) is 9.59 Å². The van der Waals surface area contributed by atoms with Gasteiger partial charge in [-0.1, -0.05) is 18.2 Å². The van der Waals surface area contributed by atoms with E-state index in [4.69, 9.17) is 4.74 Å². The maximum Gasteiger partial charge on any atom is 0.325 e. The maximum absolute atomic E-state index is 11.9. The Morgan fingerprint density at radius 2 is 1.90 bits per heavy atom. The zero-order chi connectivity index (χ0) is 14.8. The van der Waals surface area contributed by atoms with Gasteiger partial charge < -0.3 is 14.4 Å². The first kappa shape index (κ1) is 16.0. The average Bonchev–Trinajstić information content (AvgIpc) is 2.49. The van der Waals surface area contributed by atoms with Gasteiger partial charge in [-0.25, -0.2) is 0 Å². The fourth-order valence-electron chi connectivity index (χ4n) is 1.68. The van der Waals surface area contributed by atoms with E-state index in [1.54, 1.807) is 0 Å². The van der Waals surface area contributed by atoms with Gasteiger partial charge in [0.2, 0.25) is 5.91 Å². The zero-order valence-corrected chi connectivity index (χ0v) is 12.0. The summed E-state index contributed by atoms with van der Waals surface area (Å²) < 4.78 is 10.1. The van der Waals surface area contributed by atoms with Crippen molar-refractivity contribution in [2.45, 2.75) is 19.8 Å². The number of methoxy groups -OCH3 is 1. The van der Waals surface area contributed by atoms with Gasteiger partial charge in [-0.05, 0) is 25.5 Å². The van der Waals surface area contributed by atoms with Crippen molar-refractivity contribution in [2.75, 3.05) is 26.8 Å². The Morgan fingerprint density at radius 3 is 2.50 bits per heavy atom. The molecular formula is C15H21NO4. The summed E-state index contributed by atoms with van der Waals surface area (Å²) in [6.45, 7) is 2.81. The Hall–Kier alpha value is -2.04. The van der Waals surface area contributed by atoms with Crippen molar-refractivity contribution in [3.8, 4) is 5.75 Å². The van der Waals surface area contributed by atoms with Crippen molar-refractivity contribution in [1.29, 1.82) is 0 Å². The van der Waals surface area contributed by atoms with Gasteiger partial charge in [-0.15, -0.1) is 0 Å². The fourth-order valence-corrected chi connectivity index (χ4v) is 1.68. The van der Waals surface area contributed by atoms with E-state index >= 15 is 0 Å². The number of rotatable bonds is 8. The first-order chi connectivity index (χ1) is 9.67. The number of ether oxygens (including phenoxy) is 2. The highest BCUT2D eigenvalue weighted by molar-refractivity contribution is 5.81. The van der Waals surface area contributed by atoms with Gasteiger partial charge >= 0.3 is 5.97 Å². The summed E-state index contributed by atoms with van der Waals surface area (Å²) in [6, 6.07) is 9.46. The van der Waals surface area contributed by atoms with Crippen molar-refractivity contribution in [3.63, 3.8) is 0 Å². The number of amides is 1. The summed E-state index contributed by atoms with van der Waals surface area (Å²) in [5, 5.41) is 0. The fraction of sp³-hybridized carbons (Fsp3) is 0.467. The normalized spacial score (nSPS) is 9.90. The summed E-state index contributed by atoms with van der Waals surface area (Å²) in [7, 11) is 1.31. The Bertz CT molecular complexity index is 419. The number of hydrogen-bond acceptors (Lipinski definition) is 4. The molecule has 0 saturated carbocycles.